The highest BCUT2D eigenvalue weighted by atomic mass is 32.2. The molecule has 132 valence electrons. The number of nitrogens with zero attached hydrogens (tertiary/aromatic N) is 3. The van der Waals surface area contributed by atoms with E-state index in [9.17, 15) is 4.79 Å². The van der Waals surface area contributed by atoms with Gasteiger partial charge in [-0.05, 0) is 37.6 Å². The summed E-state index contributed by atoms with van der Waals surface area (Å²) in [7, 11) is 2.16. The molecule has 0 radical (unpaired) electrons. The summed E-state index contributed by atoms with van der Waals surface area (Å²) in [5.74, 6) is 0.681. The number of pyridine rings is 1. The van der Waals surface area contributed by atoms with Crippen LogP contribution >= 0.6 is 11.8 Å². The number of rotatable bonds is 6. The predicted octanol–water partition coefficient (Wildman–Crippen LogP) is 3.30. The van der Waals surface area contributed by atoms with E-state index in [1.54, 1.807) is 6.20 Å². The topological polar surface area (TPSA) is 36.4 Å². The molecule has 1 fully saturated rings. The minimum Gasteiger partial charge on any atom is -0.340 e. The first-order valence-corrected chi connectivity index (χ1v) is 9.76. The van der Waals surface area contributed by atoms with Gasteiger partial charge in [0.25, 0.3) is 0 Å². The summed E-state index contributed by atoms with van der Waals surface area (Å²) >= 11 is 1.52. The third-order valence-electron chi connectivity index (χ3n) is 4.63. The van der Waals surface area contributed by atoms with Gasteiger partial charge in [-0.2, -0.15) is 0 Å². The van der Waals surface area contributed by atoms with Crippen LogP contribution in [0.5, 0.6) is 0 Å². The van der Waals surface area contributed by atoms with Crippen molar-refractivity contribution in [1.82, 2.24) is 14.8 Å². The fourth-order valence-corrected chi connectivity index (χ4v) is 3.97. The number of hydrogen-bond donors (Lipinski definition) is 0. The van der Waals surface area contributed by atoms with Gasteiger partial charge in [0.15, 0.2) is 0 Å². The van der Waals surface area contributed by atoms with Crippen LogP contribution in [-0.2, 0) is 11.3 Å². The zero-order valence-corrected chi connectivity index (χ0v) is 15.5. The van der Waals surface area contributed by atoms with Gasteiger partial charge in [0.05, 0.1) is 10.8 Å². The highest BCUT2D eigenvalue weighted by Gasteiger charge is 2.26. The van der Waals surface area contributed by atoms with E-state index in [1.165, 1.54) is 17.3 Å². The summed E-state index contributed by atoms with van der Waals surface area (Å²) in [6.07, 6.45) is 3.99. The molecule has 1 amide bonds. The van der Waals surface area contributed by atoms with E-state index in [1.807, 2.05) is 29.2 Å². The molecule has 25 heavy (non-hydrogen) atoms. The van der Waals surface area contributed by atoms with E-state index in [0.29, 0.717) is 11.8 Å². The molecule has 0 aliphatic carbocycles. The maximum atomic E-state index is 12.6. The number of hydrogen-bond acceptors (Lipinski definition) is 4. The Labute approximate surface area is 154 Å². The molecule has 0 saturated carbocycles. The average Bonchev–Trinajstić information content (AvgIpc) is 2.68. The molecule has 1 aliphatic heterocycles. The third kappa shape index (κ3) is 5.31. The standard InChI is InChI=1S/C20H25N3OS/c1-22(14-17-8-3-2-4-9-17)18-10-7-13-23(15-18)20(24)16-25-19-11-5-6-12-21-19/h2-6,8-9,11-12,18H,7,10,13-16H2,1H3/t18-/m1/s1. The first kappa shape index (κ1) is 18.0. The Kier molecular flexibility index (Phi) is 6.48. The zero-order valence-electron chi connectivity index (χ0n) is 14.7. The van der Waals surface area contributed by atoms with Crippen LogP contribution in [0.3, 0.4) is 0 Å². The fourth-order valence-electron chi connectivity index (χ4n) is 3.20. The highest BCUT2D eigenvalue weighted by Crippen LogP contribution is 2.20. The van der Waals surface area contributed by atoms with Crippen LogP contribution in [0.15, 0.2) is 59.8 Å². The van der Waals surface area contributed by atoms with Crippen molar-refractivity contribution >= 4 is 17.7 Å². The second-order valence-corrected chi connectivity index (χ2v) is 7.49. The van der Waals surface area contributed by atoms with Gasteiger partial charge in [-0.1, -0.05) is 48.2 Å². The van der Waals surface area contributed by atoms with Gasteiger partial charge >= 0.3 is 0 Å². The molecular formula is C20H25N3OS. The van der Waals surface area contributed by atoms with Crippen LogP contribution < -0.4 is 0 Å². The molecule has 0 spiro atoms. The largest absolute Gasteiger partial charge is 0.340 e. The van der Waals surface area contributed by atoms with Gasteiger partial charge in [0.1, 0.15) is 0 Å². The lowest BCUT2D eigenvalue weighted by atomic mass is 10.0. The van der Waals surface area contributed by atoms with Gasteiger partial charge in [-0.15, -0.1) is 0 Å². The number of piperidine rings is 1. The quantitative estimate of drug-likeness (QED) is 0.745. The van der Waals surface area contributed by atoms with E-state index in [4.69, 9.17) is 0 Å². The van der Waals surface area contributed by atoms with Crippen LogP contribution in [0, 0.1) is 0 Å². The maximum Gasteiger partial charge on any atom is 0.233 e. The van der Waals surface area contributed by atoms with Crippen molar-refractivity contribution in [3.8, 4) is 0 Å². The van der Waals surface area contributed by atoms with Gasteiger partial charge < -0.3 is 4.90 Å². The Morgan fingerprint density at radius 2 is 2.04 bits per heavy atom. The molecule has 0 unspecified atom stereocenters. The molecule has 0 bridgehead atoms. The van der Waals surface area contributed by atoms with Crippen molar-refractivity contribution < 1.29 is 4.79 Å². The fraction of sp³-hybridized carbons (Fsp3) is 0.400. The summed E-state index contributed by atoms with van der Waals surface area (Å²) in [4.78, 5) is 21.2. The minimum atomic E-state index is 0.216. The Bertz CT molecular complexity index is 665. The minimum absolute atomic E-state index is 0.216. The summed E-state index contributed by atoms with van der Waals surface area (Å²) in [6.45, 7) is 2.62. The molecule has 1 saturated heterocycles. The summed E-state index contributed by atoms with van der Waals surface area (Å²) in [5.41, 5.74) is 1.32. The number of aromatic nitrogens is 1. The van der Waals surface area contributed by atoms with E-state index in [2.05, 4.69) is 41.2 Å². The number of thioether (sulfide) groups is 1. The molecule has 5 heteroatoms. The van der Waals surface area contributed by atoms with Crippen LogP contribution in [0.1, 0.15) is 18.4 Å². The lowest BCUT2D eigenvalue weighted by molar-refractivity contribution is -0.130. The van der Waals surface area contributed by atoms with Gasteiger partial charge in [-0.25, -0.2) is 4.98 Å². The Balaban J connectivity index is 1.50. The molecule has 1 aliphatic rings. The maximum absolute atomic E-state index is 12.6. The normalized spacial score (nSPS) is 17.7. The average molecular weight is 356 g/mol. The van der Waals surface area contributed by atoms with Crippen molar-refractivity contribution in [1.29, 1.82) is 0 Å². The molecule has 4 nitrogen and oxygen atoms in total. The van der Waals surface area contributed by atoms with E-state index in [0.717, 1.165) is 37.5 Å². The van der Waals surface area contributed by atoms with Crippen LogP contribution in [0.25, 0.3) is 0 Å². The zero-order chi connectivity index (χ0) is 17.5. The number of likely N-dealkylation sites (N-methyl/N-ethyl adjacent to an activating group) is 1. The van der Waals surface area contributed by atoms with Crippen molar-refractivity contribution in [2.45, 2.75) is 30.5 Å². The van der Waals surface area contributed by atoms with E-state index in [-0.39, 0.29) is 5.91 Å². The number of benzene rings is 1. The van der Waals surface area contributed by atoms with Crippen molar-refractivity contribution in [3.05, 3.63) is 60.3 Å². The van der Waals surface area contributed by atoms with Crippen LogP contribution in [0.4, 0.5) is 0 Å². The van der Waals surface area contributed by atoms with Crippen LogP contribution in [-0.4, -0.2) is 52.6 Å². The smallest absolute Gasteiger partial charge is 0.233 e. The second kappa shape index (κ2) is 9.02. The molecule has 2 aromatic rings. The third-order valence-corrected chi connectivity index (χ3v) is 5.56. The molecule has 2 heterocycles. The molecule has 3 rings (SSSR count). The van der Waals surface area contributed by atoms with Gasteiger partial charge in [0, 0.05) is 31.9 Å². The molecule has 1 aromatic heterocycles. The first-order chi connectivity index (χ1) is 12.2. The van der Waals surface area contributed by atoms with Gasteiger partial charge in [0.2, 0.25) is 5.91 Å². The Hall–Kier alpha value is -1.85. The number of carbonyl (C=O) groups is 1. The number of likely N-dealkylation sites (tertiary alicyclic amines) is 1. The number of amides is 1. The summed E-state index contributed by atoms with van der Waals surface area (Å²) in [5, 5.41) is 0.908. The van der Waals surface area contributed by atoms with Crippen LogP contribution in [0.2, 0.25) is 0 Å². The summed E-state index contributed by atoms with van der Waals surface area (Å²) in [6, 6.07) is 16.7. The first-order valence-electron chi connectivity index (χ1n) is 8.78. The Morgan fingerprint density at radius 1 is 1.24 bits per heavy atom. The van der Waals surface area contributed by atoms with Crippen molar-refractivity contribution in [2.24, 2.45) is 0 Å². The lowest BCUT2D eigenvalue weighted by Gasteiger charge is -2.37. The predicted molar refractivity (Wildman–Crippen MR) is 102 cm³/mol. The summed E-state index contributed by atoms with van der Waals surface area (Å²) < 4.78 is 0. The molecule has 1 aromatic carbocycles. The molecule has 1 atom stereocenters. The Morgan fingerprint density at radius 3 is 2.80 bits per heavy atom. The monoisotopic (exact) mass is 355 g/mol. The lowest BCUT2D eigenvalue weighted by Crippen LogP contribution is -2.48. The van der Waals surface area contributed by atoms with E-state index >= 15 is 0 Å². The van der Waals surface area contributed by atoms with Crippen molar-refractivity contribution in [3.63, 3.8) is 0 Å². The number of carbonyl (C=O) groups excluding carboxylic acids is 1. The second-order valence-electron chi connectivity index (χ2n) is 6.49. The van der Waals surface area contributed by atoms with E-state index < -0.39 is 0 Å². The highest BCUT2D eigenvalue weighted by molar-refractivity contribution is 7.99. The van der Waals surface area contributed by atoms with Gasteiger partial charge in [-0.3, -0.25) is 9.69 Å². The molecular weight excluding hydrogens is 330 g/mol. The molecule has 0 N–H and O–H groups in total. The SMILES string of the molecule is CN(Cc1ccccc1)[C@@H]1CCCN(C(=O)CSc2ccccn2)C1. The van der Waals surface area contributed by atoms with Crippen molar-refractivity contribution in [2.75, 3.05) is 25.9 Å².